The van der Waals surface area contributed by atoms with Gasteiger partial charge in [-0.15, -0.1) is 0 Å². The molecule has 2 amide bonds. The second-order valence-electron chi connectivity index (χ2n) is 5.43. The van der Waals surface area contributed by atoms with E-state index in [9.17, 15) is 4.79 Å². The van der Waals surface area contributed by atoms with Crippen LogP contribution >= 0.6 is 0 Å². The zero-order valence-corrected chi connectivity index (χ0v) is 11.4. The summed E-state index contributed by atoms with van der Waals surface area (Å²) in [5.41, 5.74) is -0.183. The summed E-state index contributed by atoms with van der Waals surface area (Å²) in [6.45, 7) is 2.46. The standard InChI is InChI=1S/C14H20N2O4/c17-13(15-9-12-2-1-5-19-12)16-11-3-6-20-14(8-11)4-7-18-10-14/h1-2,5,11H,3-4,6-10H2,(H2,15,16,17)/t11-,14+/m0/s1. The first-order chi connectivity index (χ1) is 9.76. The molecule has 3 heterocycles. The van der Waals surface area contributed by atoms with E-state index in [1.807, 2.05) is 6.07 Å². The predicted octanol–water partition coefficient (Wildman–Crippen LogP) is 1.42. The fraction of sp³-hybridized carbons (Fsp3) is 0.643. The van der Waals surface area contributed by atoms with E-state index in [0.29, 0.717) is 19.8 Å². The third kappa shape index (κ3) is 3.13. The highest BCUT2D eigenvalue weighted by Gasteiger charge is 2.41. The number of rotatable bonds is 3. The number of nitrogens with one attached hydrogen (secondary N) is 2. The van der Waals surface area contributed by atoms with Crippen LogP contribution in [0.5, 0.6) is 0 Å². The van der Waals surface area contributed by atoms with Crippen molar-refractivity contribution in [2.75, 3.05) is 19.8 Å². The summed E-state index contributed by atoms with van der Waals surface area (Å²) in [6, 6.07) is 3.61. The Labute approximate surface area is 117 Å². The van der Waals surface area contributed by atoms with E-state index in [1.165, 1.54) is 0 Å². The number of carbonyl (C=O) groups excluding carboxylic acids is 1. The van der Waals surface area contributed by atoms with Gasteiger partial charge in [0, 0.05) is 25.7 Å². The molecule has 2 atom stereocenters. The van der Waals surface area contributed by atoms with Crippen molar-refractivity contribution in [3.05, 3.63) is 24.2 Å². The van der Waals surface area contributed by atoms with Crippen LogP contribution in [-0.4, -0.2) is 37.5 Å². The van der Waals surface area contributed by atoms with Gasteiger partial charge in [-0.3, -0.25) is 0 Å². The van der Waals surface area contributed by atoms with Crippen LogP contribution in [0.25, 0.3) is 0 Å². The maximum absolute atomic E-state index is 11.9. The molecule has 1 aromatic rings. The van der Waals surface area contributed by atoms with Crippen LogP contribution in [0, 0.1) is 0 Å². The van der Waals surface area contributed by atoms with Gasteiger partial charge >= 0.3 is 6.03 Å². The van der Waals surface area contributed by atoms with Crippen LogP contribution in [0.2, 0.25) is 0 Å². The lowest BCUT2D eigenvalue weighted by Gasteiger charge is -2.37. The average Bonchev–Trinajstić information content (AvgIpc) is 3.09. The highest BCUT2D eigenvalue weighted by atomic mass is 16.6. The second-order valence-corrected chi connectivity index (χ2v) is 5.43. The van der Waals surface area contributed by atoms with Crippen LogP contribution < -0.4 is 10.6 Å². The molecule has 1 spiro atoms. The van der Waals surface area contributed by atoms with Crippen LogP contribution in [0.1, 0.15) is 25.0 Å². The zero-order valence-electron chi connectivity index (χ0n) is 11.4. The molecular weight excluding hydrogens is 260 g/mol. The van der Waals surface area contributed by atoms with E-state index in [2.05, 4.69) is 10.6 Å². The maximum atomic E-state index is 11.9. The number of amides is 2. The first-order valence-corrected chi connectivity index (χ1v) is 7.04. The Morgan fingerprint density at radius 3 is 3.15 bits per heavy atom. The molecule has 0 aliphatic carbocycles. The van der Waals surface area contributed by atoms with Crippen molar-refractivity contribution < 1.29 is 18.7 Å². The molecule has 2 fully saturated rings. The first-order valence-electron chi connectivity index (χ1n) is 7.04. The second kappa shape index (κ2) is 5.85. The van der Waals surface area contributed by atoms with Crippen molar-refractivity contribution >= 4 is 6.03 Å². The summed E-state index contributed by atoms with van der Waals surface area (Å²) in [6.07, 6.45) is 4.17. The molecule has 0 aromatic carbocycles. The molecule has 0 radical (unpaired) electrons. The molecule has 2 N–H and O–H groups in total. The summed E-state index contributed by atoms with van der Waals surface area (Å²) in [5.74, 6) is 0.743. The lowest BCUT2D eigenvalue weighted by Crippen LogP contribution is -2.51. The number of furan rings is 1. The summed E-state index contributed by atoms with van der Waals surface area (Å²) >= 11 is 0. The van der Waals surface area contributed by atoms with Crippen molar-refractivity contribution in [1.82, 2.24) is 10.6 Å². The maximum Gasteiger partial charge on any atom is 0.315 e. The van der Waals surface area contributed by atoms with Gasteiger partial charge in [-0.05, 0) is 25.0 Å². The zero-order chi connectivity index (χ0) is 13.8. The molecule has 2 saturated heterocycles. The molecule has 6 heteroatoms. The number of ether oxygens (including phenoxy) is 2. The van der Waals surface area contributed by atoms with Gasteiger partial charge in [0.05, 0.1) is 25.0 Å². The van der Waals surface area contributed by atoms with Crippen LogP contribution in [-0.2, 0) is 16.0 Å². The molecule has 2 aliphatic heterocycles. The smallest absolute Gasteiger partial charge is 0.315 e. The van der Waals surface area contributed by atoms with Gasteiger partial charge in [0.2, 0.25) is 0 Å². The van der Waals surface area contributed by atoms with Gasteiger partial charge < -0.3 is 24.5 Å². The molecule has 110 valence electrons. The molecule has 0 bridgehead atoms. The van der Waals surface area contributed by atoms with Crippen molar-refractivity contribution in [3.8, 4) is 0 Å². The Kier molecular flexibility index (Phi) is 3.93. The van der Waals surface area contributed by atoms with Crippen LogP contribution in [0.15, 0.2) is 22.8 Å². The summed E-state index contributed by atoms with van der Waals surface area (Å²) in [4.78, 5) is 11.9. The average molecular weight is 280 g/mol. The van der Waals surface area contributed by atoms with Gasteiger partial charge in [-0.25, -0.2) is 4.79 Å². The number of hydrogen-bond acceptors (Lipinski definition) is 4. The molecule has 2 aliphatic rings. The normalized spacial score (nSPS) is 29.5. The fourth-order valence-corrected chi connectivity index (χ4v) is 2.83. The van der Waals surface area contributed by atoms with Crippen LogP contribution in [0.4, 0.5) is 4.79 Å². The van der Waals surface area contributed by atoms with Crippen molar-refractivity contribution in [2.24, 2.45) is 0 Å². The Bertz CT molecular complexity index is 440. The quantitative estimate of drug-likeness (QED) is 0.878. The first kappa shape index (κ1) is 13.5. The van der Waals surface area contributed by atoms with E-state index >= 15 is 0 Å². The molecule has 20 heavy (non-hydrogen) atoms. The Morgan fingerprint density at radius 2 is 2.40 bits per heavy atom. The van der Waals surface area contributed by atoms with E-state index < -0.39 is 0 Å². The number of urea groups is 1. The van der Waals surface area contributed by atoms with Gasteiger partial charge in [0.25, 0.3) is 0 Å². The fourth-order valence-electron chi connectivity index (χ4n) is 2.83. The molecule has 0 saturated carbocycles. The monoisotopic (exact) mass is 280 g/mol. The Morgan fingerprint density at radius 1 is 1.45 bits per heavy atom. The van der Waals surface area contributed by atoms with E-state index in [1.54, 1.807) is 12.3 Å². The minimum Gasteiger partial charge on any atom is -0.467 e. The summed E-state index contributed by atoms with van der Waals surface area (Å²) < 4.78 is 16.4. The van der Waals surface area contributed by atoms with Crippen LogP contribution in [0.3, 0.4) is 0 Å². The van der Waals surface area contributed by atoms with E-state index in [4.69, 9.17) is 13.9 Å². The van der Waals surface area contributed by atoms with Crippen molar-refractivity contribution in [1.29, 1.82) is 0 Å². The van der Waals surface area contributed by atoms with Gasteiger partial charge in [-0.2, -0.15) is 0 Å². The lowest BCUT2D eigenvalue weighted by molar-refractivity contribution is -0.0878. The van der Waals surface area contributed by atoms with Crippen molar-refractivity contribution in [3.63, 3.8) is 0 Å². The van der Waals surface area contributed by atoms with Gasteiger partial charge in [0.15, 0.2) is 0 Å². The topological polar surface area (TPSA) is 72.7 Å². The van der Waals surface area contributed by atoms with E-state index in [0.717, 1.165) is 31.6 Å². The molecule has 6 nitrogen and oxygen atoms in total. The predicted molar refractivity (Wildman–Crippen MR) is 71.2 cm³/mol. The molecular formula is C14H20N2O4. The third-order valence-electron chi connectivity index (χ3n) is 3.90. The van der Waals surface area contributed by atoms with E-state index in [-0.39, 0.29) is 17.7 Å². The SMILES string of the molecule is O=C(NCc1ccco1)N[C@H]1CCO[C@]2(CCOC2)C1. The van der Waals surface area contributed by atoms with Gasteiger partial charge in [0.1, 0.15) is 5.76 Å². The summed E-state index contributed by atoms with van der Waals surface area (Å²) in [7, 11) is 0. The Balaban J connectivity index is 1.46. The Hall–Kier alpha value is -1.53. The van der Waals surface area contributed by atoms with Gasteiger partial charge in [-0.1, -0.05) is 0 Å². The minimum atomic E-state index is -0.183. The molecule has 1 aromatic heterocycles. The highest BCUT2D eigenvalue weighted by molar-refractivity contribution is 5.74. The molecule has 0 unspecified atom stereocenters. The molecule has 3 rings (SSSR count). The lowest BCUT2D eigenvalue weighted by atomic mass is 9.90. The highest BCUT2D eigenvalue weighted by Crippen LogP contribution is 2.32. The largest absolute Gasteiger partial charge is 0.467 e. The number of hydrogen-bond donors (Lipinski definition) is 2. The minimum absolute atomic E-state index is 0.141. The number of carbonyl (C=O) groups is 1. The third-order valence-corrected chi connectivity index (χ3v) is 3.90. The van der Waals surface area contributed by atoms with Crippen molar-refractivity contribution in [2.45, 2.75) is 37.5 Å². The summed E-state index contributed by atoms with van der Waals surface area (Å²) in [5, 5.41) is 5.80.